The molecule has 0 aromatic heterocycles. The summed E-state index contributed by atoms with van der Waals surface area (Å²) in [6, 6.07) is 1.14. The average Bonchev–Trinajstić information content (AvgIpc) is 1.99. The third kappa shape index (κ3) is 2.00. The van der Waals surface area contributed by atoms with Crippen LogP contribution in [-0.2, 0) is 0 Å². The van der Waals surface area contributed by atoms with Gasteiger partial charge < -0.3 is 0 Å². The van der Waals surface area contributed by atoms with E-state index in [1.165, 1.54) is 0 Å². The molecule has 3 nitrogen and oxygen atoms in total. The Labute approximate surface area is 94.3 Å². The van der Waals surface area contributed by atoms with E-state index in [0.717, 1.165) is 6.07 Å². The smallest absolute Gasteiger partial charge is 0.258 e. The quantitative estimate of drug-likeness (QED) is 0.338. The Bertz CT molecular complexity index is 385. The Morgan fingerprint density at radius 3 is 2.54 bits per heavy atom. The maximum Gasteiger partial charge on any atom is 0.305 e. The van der Waals surface area contributed by atoms with E-state index in [1.54, 1.807) is 0 Å². The summed E-state index contributed by atoms with van der Waals surface area (Å²) in [6.45, 7) is 0. The largest absolute Gasteiger partial charge is 0.305 e. The first-order valence-electron chi connectivity index (χ1n) is 2.92. The molecule has 0 radical (unpaired) electrons. The van der Waals surface area contributed by atoms with Gasteiger partial charge in [-0.05, 0) is 37.9 Å². The highest BCUT2D eigenvalue weighted by Crippen LogP contribution is 2.38. The fraction of sp³-hybridized carbons (Fsp3) is 0. The first kappa shape index (κ1) is 10.9. The van der Waals surface area contributed by atoms with E-state index in [4.69, 9.17) is 11.6 Å². The molecular weight excluding hydrogens is 332 g/mol. The molecular formula is C6HBr2ClFNO2. The van der Waals surface area contributed by atoms with Crippen LogP contribution >= 0.6 is 43.5 Å². The number of benzene rings is 1. The molecule has 1 rings (SSSR count). The van der Waals surface area contributed by atoms with Gasteiger partial charge in [0.25, 0.3) is 0 Å². The Morgan fingerprint density at radius 2 is 2.08 bits per heavy atom. The van der Waals surface area contributed by atoms with Crippen molar-refractivity contribution in [2.45, 2.75) is 0 Å². The minimum Gasteiger partial charge on any atom is -0.258 e. The Hall–Kier alpha value is -0.200. The fourth-order valence-corrected chi connectivity index (χ4v) is 2.51. The summed E-state index contributed by atoms with van der Waals surface area (Å²) >= 11 is 11.2. The molecule has 0 saturated carbocycles. The number of rotatable bonds is 1. The molecule has 7 heteroatoms. The maximum atomic E-state index is 13.1. The molecule has 0 aliphatic rings. The molecule has 0 bridgehead atoms. The highest BCUT2D eigenvalue weighted by molar-refractivity contribution is 9.11. The molecule has 0 atom stereocenters. The molecule has 0 saturated heterocycles. The van der Waals surface area contributed by atoms with Crippen molar-refractivity contribution >= 4 is 49.1 Å². The van der Waals surface area contributed by atoms with Crippen molar-refractivity contribution in [1.82, 2.24) is 0 Å². The summed E-state index contributed by atoms with van der Waals surface area (Å²) < 4.78 is 12.9. The zero-order valence-corrected chi connectivity index (χ0v) is 9.78. The van der Waals surface area contributed by atoms with Gasteiger partial charge in [0, 0.05) is 0 Å². The molecule has 1 aromatic carbocycles. The molecule has 0 amide bonds. The van der Waals surface area contributed by atoms with Gasteiger partial charge in [0.05, 0.1) is 9.40 Å². The van der Waals surface area contributed by atoms with Gasteiger partial charge in [0.2, 0.25) is 0 Å². The standard InChI is InChI=1S/C6HBr2ClFNO2/c7-2-1-3(9)6(11(12)13)4(8)5(2)10/h1H. The van der Waals surface area contributed by atoms with E-state index < -0.39 is 16.4 Å². The van der Waals surface area contributed by atoms with Crippen LogP contribution in [0.1, 0.15) is 0 Å². The number of hydrogen-bond acceptors (Lipinski definition) is 2. The fourth-order valence-electron chi connectivity index (χ4n) is 0.724. The van der Waals surface area contributed by atoms with E-state index in [9.17, 15) is 14.5 Å². The van der Waals surface area contributed by atoms with Crippen LogP contribution in [0.15, 0.2) is 15.0 Å². The molecule has 0 N–H and O–H groups in total. The van der Waals surface area contributed by atoms with Crippen molar-refractivity contribution in [2.75, 3.05) is 0 Å². The van der Waals surface area contributed by atoms with Crippen LogP contribution < -0.4 is 0 Å². The van der Waals surface area contributed by atoms with Gasteiger partial charge >= 0.3 is 5.69 Å². The predicted octanol–water partition coefficient (Wildman–Crippen LogP) is 3.91. The zero-order chi connectivity index (χ0) is 10.2. The molecule has 0 unspecified atom stereocenters. The first-order valence-corrected chi connectivity index (χ1v) is 4.89. The molecule has 0 aliphatic heterocycles. The van der Waals surface area contributed by atoms with Gasteiger partial charge in [-0.2, -0.15) is 0 Å². The SMILES string of the molecule is O=[N+]([O-])c1c(Cl)cc(Br)c(F)c1Br. The number of hydrogen-bond donors (Lipinski definition) is 0. The molecule has 0 heterocycles. The lowest BCUT2D eigenvalue weighted by molar-refractivity contribution is -0.385. The van der Waals surface area contributed by atoms with Crippen LogP contribution in [0.2, 0.25) is 5.02 Å². The van der Waals surface area contributed by atoms with Gasteiger partial charge in [0.1, 0.15) is 9.50 Å². The second-order valence-electron chi connectivity index (χ2n) is 2.07. The first-order chi connectivity index (χ1) is 5.95. The lowest BCUT2D eigenvalue weighted by Crippen LogP contribution is -1.93. The number of nitrogens with zero attached hydrogens (tertiary/aromatic N) is 1. The average molecular weight is 333 g/mol. The monoisotopic (exact) mass is 331 g/mol. The van der Waals surface area contributed by atoms with E-state index in [-0.39, 0.29) is 14.0 Å². The number of halogens is 4. The maximum absolute atomic E-state index is 13.1. The number of nitro groups is 1. The van der Waals surface area contributed by atoms with Crippen LogP contribution in [0.4, 0.5) is 10.1 Å². The van der Waals surface area contributed by atoms with Gasteiger partial charge in [-0.3, -0.25) is 10.1 Å². The van der Waals surface area contributed by atoms with Crippen molar-refractivity contribution in [3.05, 3.63) is 36.0 Å². The molecule has 0 fully saturated rings. The summed E-state index contributed by atoms with van der Waals surface area (Å²) in [6.07, 6.45) is 0. The zero-order valence-electron chi connectivity index (χ0n) is 5.85. The second-order valence-corrected chi connectivity index (χ2v) is 4.13. The highest BCUT2D eigenvalue weighted by atomic mass is 79.9. The molecule has 13 heavy (non-hydrogen) atoms. The molecule has 0 spiro atoms. The highest BCUT2D eigenvalue weighted by Gasteiger charge is 2.23. The Balaban J connectivity index is 3.53. The van der Waals surface area contributed by atoms with Gasteiger partial charge in [-0.1, -0.05) is 11.6 Å². The normalized spacial score (nSPS) is 10.2. The van der Waals surface area contributed by atoms with Gasteiger partial charge in [-0.15, -0.1) is 0 Å². The predicted molar refractivity (Wildman–Crippen MR) is 53.5 cm³/mol. The summed E-state index contributed by atoms with van der Waals surface area (Å²) in [5.41, 5.74) is -0.470. The van der Waals surface area contributed by atoms with Crippen molar-refractivity contribution < 1.29 is 9.31 Å². The minimum atomic E-state index is -0.748. The lowest BCUT2D eigenvalue weighted by Gasteiger charge is -2.01. The topological polar surface area (TPSA) is 43.1 Å². The summed E-state index contributed by atoms with van der Waals surface area (Å²) in [5, 5.41) is 10.3. The van der Waals surface area contributed by atoms with Crippen LogP contribution in [0.3, 0.4) is 0 Å². The van der Waals surface area contributed by atoms with Crippen LogP contribution in [-0.4, -0.2) is 4.92 Å². The van der Waals surface area contributed by atoms with Crippen molar-refractivity contribution in [3.63, 3.8) is 0 Å². The summed E-state index contributed by atoms with van der Waals surface area (Å²) in [7, 11) is 0. The summed E-state index contributed by atoms with van der Waals surface area (Å²) in [5.74, 6) is -0.740. The van der Waals surface area contributed by atoms with Crippen LogP contribution in [0, 0.1) is 15.9 Å². The van der Waals surface area contributed by atoms with Gasteiger partial charge in [-0.25, -0.2) is 4.39 Å². The van der Waals surface area contributed by atoms with Crippen LogP contribution in [0.25, 0.3) is 0 Å². The third-order valence-electron chi connectivity index (χ3n) is 1.27. The van der Waals surface area contributed by atoms with Crippen LogP contribution in [0.5, 0.6) is 0 Å². The van der Waals surface area contributed by atoms with Crippen molar-refractivity contribution in [3.8, 4) is 0 Å². The third-order valence-corrected chi connectivity index (χ3v) is 2.86. The molecule has 70 valence electrons. The number of nitro benzene ring substituents is 1. The summed E-state index contributed by atoms with van der Waals surface area (Å²) in [4.78, 5) is 9.67. The van der Waals surface area contributed by atoms with E-state index in [2.05, 4.69) is 31.9 Å². The Morgan fingerprint density at radius 1 is 1.54 bits per heavy atom. The second kappa shape index (κ2) is 3.89. The lowest BCUT2D eigenvalue weighted by atomic mass is 10.3. The van der Waals surface area contributed by atoms with Crippen molar-refractivity contribution in [1.29, 1.82) is 0 Å². The Kier molecular flexibility index (Phi) is 3.26. The van der Waals surface area contributed by atoms with E-state index >= 15 is 0 Å². The molecule has 1 aromatic rings. The molecule has 0 aliphatic carbocycles. The van der Waals surface area contributed by atoms with Crippen molar-refractivity contribution in [2.24, 2.45) is 0 Å². The van der Waals surface area contributed by atoms with E-state index in [1.807, 2.05) is 0 Å². The van der Waals surface area contributed by atoms with Gasteiger partial charge in [0.15, 0.2) is 5.82 Å². The van der Waals surface area contributed by atoms with E-state index in [0.29, 0.717) is 0 Å². The minimum absolute atomic E-state index is 0.0787.